The molecule has 0 aromatic carbocycles. The second-order valence-corrected chi connectivity index (χ2v) is 3.12. The lowest BCUT2D eigenvalue weighted by Crippen LogP contribution is -2.35. The first-order chi connectivity index (χ1) is 7.19. The highest BCUT2D eigenvalue weighted by Crippen LogP contribution is 2.00. The van der Waals surface area contributed by atoms with Crippen molar-refractivity contribution in [3.8, 4) is 0 Å². The van der Waals surface area contributed by atoms with Crippen molar-refractivity contribution >= 4 is 5.91 Å². The molecule has 0 aliphatic heterocycles. The first-order valence-corrected chi connectivity index (χ1v) is 4.87. The smallest absolute Gasteiger partial charge is 0.255 e. The molecule has 1 rings (SSSR count). The molecule has 0 saturated heterocycles. The number of nitrogens with two attached hydrogens (primary N) is 1. The highest BCUT2D eigenvalue weighted by molar-refractivity contribution is 5.93. The number of carbonyl (C=O) groups excluding carboxylic acids is 1. The zero-order chi connectivity index (χ0) is 11.3. The average molecular weight is 209 g/mol. The summed E-state index contributed by atoms with van der Waals surface area (Å²) in [6, 6.07) is 2.85. The lowest BCUT2D eigenvalue weighted by Gasteiger charge is -2.19. The largest absolute Gasteiger partial charge is 0.338 e. The fourth-order valence-electron chi connectivity index (χ4n) is 1.29. The molecule has 0 radical (unpaired) electrons. The SMILES string of the molecule is CCN(CCN)C(=O)c1ccc(=O)[nH]c1. The van der Waals surface area contributed by atoms with Crippen LogP contribution >= 0.6 is 0 Å². The van der Waals surface area contributed by atoms with E-state index in [0.717, 1.165) is 0 Å². The molecule has 0 fully saturated rings. The number of amides is 1. The van der Waals surface area contributed by atoms with E-state index in [-0.39, 0.29) is 11.5 Å². The third kappa shape index (κ3) is 2.92. The van der Waals surface area contributed by atoms with Crippen LogP contribution in [0.15, 0.2) is 23.1 Å². The zero-order valence-electron chi connectivity index (χ0n) is 8.69. The molecule has 0 aliphatic rings. The summed E-state index contributed by atoms with van der Waals surface area (Å²) in [7, 11) is 0. The molecule has 0 aliphatic carbocycles. The van der Waals surface area contributed by atoms with Gasteiger partial charge in [0.05, 0.1) is 5.56 Å². The van der Waals surface area contributed by atoms with Gasteiger partial charge in [0.1, 0.15) is 0 Å². The second kappa shape index (κ2) is 5.31. The molecule has 0 spiro atoms. The van der Waals surface area contributed by atoms with Gasteiger partial charge in [-0.15, -0.1) is 0 Å². The first kappa shape index (κ1) is 11.5. The van der Waals surface area contributed by atoms with Gasteiger partial charge in [0.2, 0.25) is 5.56 Å². The van der Waals surface area contributed by atoms with Crippen LogP contribution in [0.5, 0.6) is 0 Å². The van der Waals surface area contributed by atoms with Gasteiger partial charge in [-0.05, 0) is 13.0 Å². The topological polar surface area (TPSA) is 79.2 Å². The van der Waals surface area contributed by atoms with E-state index in [1.54, 1.807) is 4.90 Å². The summed E-state index contributed by atoms with van der Waals surface area (Å²) in [4.78, 5) is 26.7. The van der Waals surface area contributed by atoms with Crippen LogP contribution in [0.1, 0.15) is 17.3 Å². The van der Waals surface area contributed by atoms with Crippen molar-refractivity contribution in [1.29, 1.82) is 0 Å². The van der Waals surface area contributed by atoms with Crippen molar-refractivity contribution in [1.82, 2.24) is 9.88 Å². The predicted molar refractivity (Wildman–Crippen MR) is 57.7 cm³/mol. The van der Waals surface area contributed by atoms with E-state index in [1.807, 2.05) is 6.92 Å². The van der Waals surface area contributed by atoms with Gasteiger partial charge in [0.25, 0.3) is 5.91 Å². The standard InChI is InChI=1S/C10H15N3O2/c1-2-13(6-5-11)10(15)8-3-4-9(14)12-7-8/h3-4,7H,2,5-6,11H2,1H3,(H,12,14). The summed E-state index contributed by atoms with van der Waals surface area (Å²) >= 11 is 0. The van der Waals surface area contributed by atoms with E-state index < -0.39 is 0 Å². The van der Waals surface area contributed by atoms with Crippen molar-refractivity contribution in [2.24, 2.45) is 5.73 Å². The number of nitrogens with zero attached hydrogens (tertiary/aromatic N) is 1. The van der Waals surface area contributed by atoms with Crippen LogP contribution in [0.4, 0.5) is 0 Å². The van der Waals surface area contributed by atoms with E-state index in [0.29, 0.717) is 25.2 Å². The van der Waals surface area contributed by atoms with E-state index in [2.05, 4.69) is 4.98 Å². The van der Waals surface area contributed by atoms with Crippen LogP contribution in [0.3, 0.4) is 0 Å². The number of nitrogens with one attached hydrogen (secondary N) is 1. The molecule has 0 unspecified atom stereocenters. The average Bonchev–Trinajstić information content (AvgIpc) is 2.26. The maximum Gasteiger partial charge on any atom is 0.255 e. The van der Waals surface area contributed by atoms with Gasteiger partial charge in [-0.3, -0.25) is 9.59 Å². The minimum absolute atomic E-state index is 0.112. The number of hydrogen-bond acceptors (Lipinski definition) is 3. The van der Waals surface area contributed by atoms with Gasteiger partial charge < -0.3 is 15.6 Å². The molecule has 5 nitrogen and oxygen atoms in total. The Morgan fingerprint density at radius 1 is 1.53 bits per heavy atom. The van der Waals surface area contributed by atoms with Gasteiger partial charge in [0.15, 0.2) is 0 Å². The Labute approximate surface area is 87.9 Å². The Bertz CT molecular complexity index is 366. The summed E-state index contributed by atoms with van der Waals surface area (Å²) in [6.07, 6.45) is 1.42. The molecule has 1 heterocycles. The van der Waals surface area contributed by atoms with Crippen molar-refractivity contribution in [2.45, 2.75) is 6.92 Å². The minimum Gasteiger partial charge on any atom is -0.338 e. The van der Waals surface area contributed by atoms with Gasteiger partial charge in [-0.1, -0.05) is 0 Å². The first-order valence-electron chi connectivity index (χ1n) is 4.87. The third-order valence-corrected chi connectivity index (χ3v) is 2.10. The normalized spacial score (nSPS) is 10.0. The molecule has 0 saturated carbocycles. The summed E-state index contributed by atoms with van der Waals surface area (Å²) in [5, 5.41) is 0. The maximum atomic E-state index is 11.8. The van der Waals surface area contributed by atoms with Gasteiger partial charge in [-0.25, -0.2) is 0 Å². The van der Waals surface area contributed by atoms with Gasteiger partial charge in [-0.2, -0.15) is 0 Å². The monoisotopic (exact) mass is 209 g/mol. The van der Waals surface area contributed by atoms with Crippen molar-refractivity contribution in [2.75, 3.05) is 19.6 Å². The summed E-state index contributed by atoms with van der Waals surface area (Å²) in [5.41, 5.74) is 5.66. The molecule has 3 N–H and O–H groups in total. The molecule has 1 aromatic heterocycles. The highest BCUT2D eigenvalue weighted by atomic mass is 16.2. The van der Waals surface area contributed by atoms with Gasteiger partial charge in [0, 0.05) is 31.9 Å². The molecule has 1 amide bonds. The van der Waals surface area contributed by atoms with E-state index in [9.17, 15) is 9.59 Å². The maximum absolute atomic E-state index is 11.8. The Kier molecular flexibility index (Phi) is 4.05. The molecular weight excluding hydrogens is 194 g/mol. The van der Waals surface area contributed by atoms with Crippen LogP contribution in [-0.2, 0) is 0 Å². The molecule has 82 valence electrons. The van der Waals surface area contributed by atoms with Crippen LogP contribution in [0.25, 0.3) is 0 Å². The van der Waals surface area contributed by atoms with Gasteiger partial charge >= 0.3 is 0 Å². The third-order valence-electron chi connectivity index (χ3n) is 2.10. The van der Waals surface area contributed by atoms with Crippen LogP contribution < -0.4 is 11.3 Å². The lowest BCUT2D eigenvalue weighted by atomic mass is 10.2. The fraction of sp³-hybridized carbons (Fsp3) is 0.400. The summed E-state index contributed by atoms with van der Waals surface area (Å²) < 4.78 is 0. The summed E-state index contributed by atoms with van der Waals surface area (Å²) in [6.45, 7) is 3.45. The zero-order valence-corrected chi connectivity index (χ0v) is 8.69. The Morgan fingerprint density at radius 3 is 2.73 bits per heavy atom. The molecule has 0 atom stereocenters. The van der Waals surface area contributed by atoms with Crippen molar-refractivity contribution < 1.29 is 4.79 Å². The number of aromatic amines is 1. The Balaban J connectivity index is 2.82. The van der Waals surface area contributed by atoms with Crippen LogP contribution in [0.2, 0.25) is 0 Å². The van der Waals surface area contributed by atoms with E-state index >= 15 is 0 Å². The van der Waals surface area contributed by atoms with Crippen molar-refractivity contribution in [3.05, 3.63) is 34.2 Å². The quantitative estimate of drug-likeness (QED) is 0.720. The molecule has 5 heteroatoms. The van der Waals surface area contributed by atoms with Crippen LogP contribution in [0, 0.1) is 0 Å². The Hall–Kier alpha value is -1.62. The number of hydrogen-bond donors (Lipinski definition) is 2. The van der Waals surface area contributed by atoms with Crippen molar-refractivity contribution in [3.63, 3.8) is 0 Å². The molecular formula is C10H15N3O2. The Morgan fingerprint density at radius 2 is 2.27 bits per heavy atom. The highest BCUT2D eigenvalue weighted by Gasteiger charge is 2.12. The molecule has 15 heavy (non-hydrogen) atoms. The summed E-state index contributed by atoms with van der Waals surface area (Å²) in [5.74, 6) is -0.112. The van der Waals surface area contributed by atoms with E-state index in [4.69, 9.17) is 5.73 Å². The van der Waals surface area contributed by atoms with E-state index in [1.165, 1.54) is 18.3 Å². The number of pyridine rings is 1. The second-order valence-electron chi connectivity index (χ2n) is 3.12. The number of likely N-dealkylation sites (N-methyl/N-ethyl adjacent to an activating group) is 1. The number of H-pyrrole nitrogens is 1. The lowest BCUT2D eigenvalue weighted by molar-refractivity contribution is 0.0768. The number of rotatable bonds is 4. The minimum atomic E-state index is -0.214. The number of carbonyl (C=O) groups is 1. The van der Waals surface area contributed by atoms with Crippen LogP contribution in [-0.4, -0.2) is 35.4 Å². The fourth-order valence-corrected chi connectivity index (χ4v) is 1.29. The predicted octanol–water partition coefficient (Wildman–Crippen LogP) is -0.204. The molecule has 1 aromatic rings. The number of aromatic nitrogens is 1. The molecule has 0 bridgehead atoms.